The molecule has 1 rings (SSSR count). The van der Waals surface area contributed by atoms with Gasteiger partial charge >= 0.3 is 5.97 Å². The summed E-state index contributed by atoms with van der Waals surface area (Å²) < 4.78 is 10.3. The molecular weight excluding hydrogens is 168 g/mol. The van der Waals surface area contributed by atoms with Crippen molar-refractivity contribution >= 4 is 5.97 Å². The van der Waals surface area contributed by atoms with Gasteiger partial charge in [-0.15, -0.1) is 6.58 Å². The van der Waals surface area contributed by atoms with Gasteiger partial charge in [0.15, 0.2) is 0 Å². The van der Waals surface area contributed by atoms with Crippen LogP contribution in [0.1, 0.15) is 20.3 Å². The average molecular weight is 184 g/mol. The molecule has 0 aromatic carbocycles. The zero-order valence-electron chi connectivity index (χ0n) is 8.21. The van der Waals surface area contributed by atoms with Crippen LogP contribution in [0.4, 0.5) is 0 Å². The lowest BCUT2D eigenvalue weighted by atomic mass is 10.3. The van der Waals surface area contributed by atoms with Crippen molar-refractivity contribution in [3.05, 3.63) is 12.7 Å². The zero-order valence-corrected chi connectivity index (χ0v) is 8.21. The number of esters is 1. The van der Waals surface area contributed by atoms with Gasteiger partial charge in [0.1, 0.15) is 0 Å². The van der Waals surface area contributed by atoms with Crippen LogP contribution in [0.25, 0.3) is 0 Å². The summed E-state index contributed by atoms with van der Waals surface area (Å²) in [7, 11) is 0. The van der Waals surface area contributed by atoms with Crippen molar-refractivity contribution in [2.75, 3.05) is 13.2 Å². The van der Waals surface area contributed by atoms with Crippen LogP contribution >= 0.6 is 0 Å². The largest absolute Gasteiger partial charge is 0.466 e. The number of rotatable bonds is 5. The fourth-order valence-electron chi connectivity index (χ4n) is 1.33. The zero-order chi connectivity index (χ0) is 9.90. The third-order valence-corrected chi connectivity index (χ3v) is 2.29. The molecular formula is C10H16O3. The van der Waals surface area contributed by atoms with Gasteiger partial charge in [-0.3, -0.25) is 4.79 Å². The van der Waals surface area contributed by atoms with E-state index < -0.39 is 0 Å². The molecule has 2 unspecified atom stereocenters. The molecule has 0 aliphatic heterocycles. The third-order valence-electron chi connectivity index (χ3n) is 2.29. The summed E-state index contributed by atoms with van der Waals surface area (Å²) in [5.41, 5.74) is -0.305. The molecule has 0 heterocycles. The van der Waals surface area contributed by atoms with E-state index in [1.807, 2.05) is 13.8 Å². The Bertz CT molecular complexity index is 212. The lowest BCUT2D eigenvalue weighted by Gasteiger charge is -2.10. The van der Waals surface area contributed by atoms with E-state index in [4.69, 9.17) is 9.47 Å². The second-order valence-electron chi connectivity index (χ2n) is 3.42. The van der Waals surface area contributed by atoms with Crippen LogP contribution in [-0.2, 0) is 14.3 Å². The summed E-state index contributed by atoms with van der Waals surface area (Å²) in [6.45, 7) is 8.22. The van der Waals surface area contributed by atoms with Crippen molar-refractivity contribution in [3.63, 3.8) is 0 Å². The molecule has 0 aromatic rings. The van der Waals surface area contributed by atoms with Crippen molar-refractivity contribution in [2.45, 2.75) is 25.9 Å². The van der Waals surface area contributed by atoms with Crippen molar-refractivity contribution in [1.29, 1.82) is 0 Å². The molecule has 1 saturated carbocycles. The smallest absolute Gasteiger partial charge is 0.311 e. The highest BCUT2D eigenvalue weighted by atomic mass is 16.5. The van der Waals surface area contributed by atoms with E-state index in [1.54, 1.807) is 6.08 Å². The Morgan fingerprint density at radius 3 is 3.00 bits per heavy atom. The summed E-state index contributed by atoms with van der Waals surface area (Å²) >= 11 is 0. The number of ether oxygens (including phenoxy) is 2. The second-order valence-corrected chi connectivity index (χ2v) is 3.42. The van der Waals surface area contributed by atoms with E-state index >= 15 is 0 Å². The molecule has 1 aliphatic rings. The SMILES string of the molecule is C=CCOC1(C)CC1C(=O)OCC. The number of hydrogen-bond acceptors (Lipinski definition) is 3. The van der Waals surface area contributed by atoms with Crippen LogP contribution in [0.2, 0.25) is 0 Å². The highest BCUT2D eigenvalue weighted by Crippen LogP contribution is 2.47. The molecule has 0 radical (unpaired) electrons. The van der Waals surface area contributed by atoms with Gasteiger partial charge in [-0.2, -0.15) is 0 Å². The Morgan fingerprint density at radius 1 is 1.77 bits per heavy atom. The van der Waals surface area contributed by atoms with Gasteiger partial charge in [0.25, 0.3) is 0 Å². The maximum Gasteiger partial charge on any atom is 0.311 e. The van der Waals surface area contributed by atoms with Crippen molar-refractivity contribution < 1.29 is 14.3 Å². The van der Waals surface area contributed by atoms with Crippen LogP contribution in [0.3, 0.4) is 0 Å². The monoisotopic (exact) mass is 184 g/mol. The molecule has 74 valence electrons. The minimum Gasteiger partial charge on any atom is -0.466 e. The van der Waals surface area contributed by atoms with E-state index in [2.05, 4.69) is 6.58 Å². The molecule has 1 fully saturated rings. The molecule has 3 heteroatoms. The van der Waals surface area contributed by atoms with Crippen molar-refractivity contribution in [2.24, 2.45) is 5.92 Å². The first-order valence-corrected chi connectivity index (χ1v) is 4.55. The highest BCUT2D eigenvalue weighted by molar-refractivity contribution is 5.77. The summed E-state index contributed by atoms with van der Waals surface area (Å²) in [5.74, 6) is -0.221. The molecule has 1 aliphatic carbocycles. The van der Waals surface area contributed by atoms with Crippen molar-refractivity contribution in [1.82, 2.24) is 0 Å². The van der Waals surface area contributed by atoms with Crippen LogP contribution in [0, 0.1) is 5.92 Å². The predicted molar refractivity (Wildman–Crippen MR) is 49.3 cm³/mol. The number of carbonyl (C=O) groups excluding carboxylic acids is 1. The Hall–Kier alpha value is -0.830. The molecule has 13 heavy (non-hydrogen) atoms. The quantitative estimate of drug-likeness (QED) is 0.480. The molecule has 0 N–H and O–H groups in total. The molecule has 2 atom stereocenters. The molecule has 0 bridgehead atoms. The Morgan fingerprint density at radius 2 is 2.46 bits per heavy atom. The van der Waals surface area contributed by atoms with Gasteiger partial charge in [0.05, 0.1) is 24.7 Å². The predicted octanol–water partition coefficient (Wildman–Crippen LogP) is 1.53. The number of carbonyl (C=O) groups is 1. The van der Waals surface area contributed by atoms with E-state index in [9.17, 15) is 4.79 Å². The fraction of sp³-hybridized carbons (Fsp3) is 0.700. The first-order chi connectivity index (χ1) is 6.14. The fourth-order valence-corrected chi connectivity index (χ4v) is 1.33. The van der Waals surface area contributed by atoms with Gasteiger partial charge in [-0.05, 0) is 20.3 Å². The maximum atomic E-state index is 11.3. The maximum absolute atomic E-state index is 11.3. The average Bonchev–Trinajstić information content (AvgIpc) is 2.76. The van der Waals surface area contributed by atoms with Gasteiger partial charge in [-0.25, -0.2) is 0 Å². The molecule has 0 amide bonds. The standard InChI is InChI=1S/C10H16O3/c1-4-6-13-10(3)7-8(10)9(11)12-5-2/h4,8H,1,5-7H2,2-3H3. The summed E-state index contributed by atoms with van der Waals surface area (Å²) in [6.07, 6.45) is 2.45. The van der Waals surface area contributed by atoms with Crippen molar-refractivity contribution in [3.8, 4) is 0 Å². The van der Waals surface area contributed by atoms with Gasteiger partial charge in [0.2, 0.25) is 0 Å². The lowest BCUT2D eigenvalue weighted by molar-refractivity contribution is -0.146. The van der Waals surface area contributed by atoms with Crippen LogP contribution < -0.4 is 0 Å². The van der Waals surface area contributed by atoms with E-state index in [-0.39, 0.29) is 17.5 Å². The number of hydrogen-bond donors (Lipinski definition) is 0. The van der Waals surface area contributed by atoms with Gasteiger partial charge in [0, 0.05) is 0 Å². The molecule has 0 aromatic heterocycles. The van der Waals surface area contributed by atoms with Gasteiger partial charge in [-0.1, -0.05) is 6.08 Å². The first kappa shape index (κ1) is 10.3. The Labute approximate surface area is 78.7 Å². The minimum absolute atomic E-state index is 0.0765. The third kappa shape index (κ3) is 2.31. The van der Waals surface area contributed by atoms with E-state index in [0.29, 0.717) is 13.2 Å². The molecule has 3 nitrogen and oxygen atoms in total. The summed E-state index contributed by atoms with van der Waals surface area (Å²) in [4.78, 5) is 11.3. The van der Waals surface area contributed by atoms with E-state index in [1.165, 1.54) is 0 Å². The molecule has 0 spiro atoms. The van der Waals surface area contributed by atoms with Crippen LogP contribution in [0.5, 0.6) is 0 Å². The lowest BCUT2D eigenvalue weighted by Crippen LogP contribution is -2.19. The summed E-state index contributed by atoms with van der Waals surface area (Å²) in [6, 6.07) is 0. The molecule has 0 saturated heterocycles. The topological polar surface area (TPSA) is 35.5 Å². The van der Waals surface area contributed by atoms with Crippen LogP contribution in [0.15, 0.2) is 12.7 Å². The highest BCUT2D eigenvalue weighted by Gasteiger charge is 2.56. The van der Waals surface area contributed by atoms with E-state index in [0.717, 1.165) is 6.42 Å². The van der Waals surface area contributed by atoms with Crippen LogP contribution in [-0.4, -0.2) is 24.8 Å². The summed E-state index contributed by atoms with van der Waals surface area (Å²) in [5, 5.41) is 0. The first-order valence-electron chi connectivity index (χ1n) is 4.55. The van der Waals surface area contributed by atoms with Gasteiger partial charge < -0.3 is 9.47 Å². The Kier molecular flexibility index (Phi) is 3.09. The second kappa shape index (κ2) is 3.92. The minimum atomic E-state index is -0.305. The normalized spacial score (nSPS) is 31.1. The Balaban J connectivity index is 2.33.